The second-order valence-electron chi connectivity index (χ2n) is 10.7. The lowest BCUT2D eigenvalue weighted by molar-refractivity contribution is -0.135. The van der Waals surface area contributed by atoms with E-state index < -0.39 is 0 Å². The highest BCUT2D eigenvalue weighted by molar-refractivity contribution is 7.09. The SMILES string of the molecule is CC(=O)N[C@@H](CCN1[C@@H]2CC[C@H]1CC(n1c(C)nc3c1CCN(C(=O)C(C)C)C3)C2)c1nccs1. The van der Waals surface area contributed by atoms with E-state index in [0.29, 0.717) is 24.7 Å². The van der Waals surface area contributed by atoms with Gasteiger partial charge in [0.25, 0.3) is 0 Å². The molecule has 8 nitrogen and oxygen atoms in total. The van der Waals surface area contributed by atoms with Gasteiger partial charge in [0.15, 0.2) is 0 Å². The van der Waals surface area contributed by atoms with E-state index in [9.17, 15) is 9.59 Å². The Morgan fingerprint density at radius 3 is 2.57 bits per heavy atom. The van der Waals surface area contributed by atoms with Gasteiger partial charge in [-0.1, -0.05) is 13.8 Å². The number of aryl methyl sites for hydroxylation is 1. The fourth-order valence-electron chi connectivity index (χ4n) is 6.59. The molecule has 2 aromatic heterocycles. The molecule has 2 bridgehead atoms. The van der Waals surface area contributed by atoms with Crippen molar-refractivity contribution in [3.8, 4) is 0 Å². The fraction of sp³-hybridized carbons (Fsp3) is 0.692. The van der Waals surface area contributed by atoms with Crippen LogP contribution in [-0.4, -0.2) is 61.3 Å². The number of carbonyl (C=O) groups is 2. The molecule has 2 saturated heterocycles. The molecule has 5 heterocycles. The van der Waals surface area contributed by atoms with Crippen molar-refractivity contribution < 1.29 is 9.59 Å². The molecule has 3 aliphatic heterocycles. The summed E-state index contributed by atoms with van der Waals surface area (Å²) in [6.45, 7) is 10.1. The van der Waals surface area contributed by atoms with E-state index in [1.807, 2.05) is 30.3 Å². The molecule has 0 saturated carbocycles. The highest BCUT2D eigenvalue weighted by Crippen LogP contribution is 2.43. The number of carbonyl (C=O) groups excluding carboxylic acids is 2. The molecule has 190 valence electrons. The van der Waals surface area contributed by atoms with Crippen molar-refractivity contribution in [2.45, 2.75) is 96.9 Å². The van der Waals surface area contributed by atoms with E-state index >= 15 is 0 Å². The zero-order valence-corrected chi connectivity index (χ0v) is 22.2. The van der Waals surface area contributed by atoms with Crippen LogP contribution < -0.4 is 5.32 Å². The van der Waals surface area contributed by atoms with E-state index in [-0.39, 0.29) is 23.8 Å². The van der Waals surface area contributed by atoms with Crippen LogP contribution >= 0.6 is 11.3 Å². The Morgan fingerprint density at radius 1 is 1.20 bits per heavy atom. The van der Waals surface area contributed by atoms with Gasteiger partial charge in [-0.15, -0.1) is 11.3 Å². The Kier molecular flexibility index (Phi) is 6.99. The molecule has 2 aromatic rings. The molecule has 5 rings (SSSR count). The second kappa shape index (κ2) is 10.0. The number of nitrogens with zero attached hydrogens (tertiary/aromatic N) is 5. The molecular weight excluding hydrogens is 460 g/mol. The standard InChI is InChI=1S/C26H38N6O2S/c1-16(2)26(34)30-10-8-24-23(15-30)28-17(3)32(24)21-13-19-5-6-20(14-21)31(19)11-7-22(29-18(4)33)25-27-9-12-35-25/h9,12,16,19-22H,5-8,10-11,13-15H2,1-4H3,(H,29,33)/t19-,20+,21?,22-/m0/s1. The molecule has 1 N–H and O–H groups in total. The summed E-state index contributed by atoms with van der Waals surface area (Å²) in [6.07, 6.45) is 8.40. The molecule has 2 amide bonds. The number of hydrogen-bond acceptors (Lipinski definition) is 6. The summed E-state index contributed by atoms with van der Waals surface area (Å²) >= 11 is 1.61. The van der Waals surface area contributed by atoms with Gasteiger partial charge in [0.05, 0.1) is 18.3 Å². The number of nitrogens with one attached hydrogen (secondary N) is 1. The second-order valence-corrected chi connectivity index (χ2v) is 11.7. The summed E-state index contributed by atoms with van der Waals surface area (Å²) in [4.78, 5) is 38.4. The zero-order chi connectivity index (χ0) is 24.7. The van der Waals surface area contributed by atoms with Crippen molar-refractivity contribution in [3.63, 3.8) is 0 Å². The van der Waals surface area contributed by atoms with Crippen LogP contribution in [0, 0.1) is 12.8 Å². The first-order valence-electron chi connectivity index (χ1n) is 13.1. The molecule has 0 radical (unpaired) electrons. The predicted molar refractivity (Wildman–Crippen MR) is 136 cm³/mol. The van der Waals surface area contributed by atoms with Crippen LogP contribution in [-0.2, 0) is 22.6 Å². The molecule has 3 aliphatic rings. The largest absolute Gasteiger partial charge is 0.347 e. The van der Waals surface area contributed by atoms with Gasteiger partial charge in [0.2, 0.25) is 11.8 Å². The summed E-state index contributed by atoms with van der Waals surface area (Å²) < 4.78 is 2.52. The third-order valence-corrected chi connectivity index (χ3v) is 8.95. The van der Waals surface area contributed by atoms with Crippen LogP contribution in [0.15, 0.2) is 11.6 Å². The van der Waals surface area contributed by atoms with Crippen molar-refractivity contribution in [1.82, 2.24) is 29.7 Å². The highest BCUT2D eigenvalue weighted by atomic mass is 32.1. The van der Waals surface area contributed by atoms with Gasteiger partial charge in [-0.05, 0) is 39.0 Å². The first-order chi connectivity index (χ1) is 16.8. The van der Waals surface area contributed by atoms with E-state index in [0.717, 1.165) is 55.3 Å². The molecule has 0 aromatic carbocycles. The molecule has 0 aliphatic carbocycles. The first-order valence-corrected chi connectivity index (χ1v) is 14.0. The van der Waals surface area contributed by atoms with Gasteiger partial charge in [-0.3, -0.25) is 14.5 Å². The number of rotatable bonds is 7. The average molecular weight is 499 g/mol. The third-order valence-electron chi connectivity index (χ3n) is 8.06. The Morgan fingerprint density at radius 2 is 1.94 bits per heavy atom. The number of amides is 2. The van der Waals surface area contributed by atoms with E-state index in [1.165, 1.54) is 18.5 Å². The minimum Gasteiger partial charge on any atom is -0.347 e. The van der Waals surface area contributed by atoms with Gasteiger partial charge >= 0.3 is 0 Å². The predicted octanol–water partition coefficient (Wildman–Crippen LogP) is 3.62. The summed E-state index contributed by atoms with van der Waals surface area (Å²) in [5.41, 5.74) is 2.45. The minimum absolute atomic E-state index is 0.000830. The molecule has 0 spiro atoms. The van der Waals surface area contributed by atoms with Crippen LogP contribution in [0.1, 0.15) is 87.2 Å². The number of thiazole rings is 1. The van der Waals surface area contributed by atoms with Crippen LogP contribution in [0.4, 0.5) is 0 Å². The molecule has 35 heavy (non-hydrogen) atoms. The Labute approximate surface area is 212 Å². The topological polar surface area (TPSA) is 83.4 Å². The van der Waals surface area contributed by atoms with Crippen molar-refractivity contribution in [3.05, 3.63) is 33.8 Å². The smallest absolute Gasteiger partial charge is 0.225 e. The fourth-order valence-corrected chi connectivity index (χ4v) is 7.31. The molecular formula is C26H38N6O2S. The van der Waals surface area contributed by atoms with Crippen LogP contribution in [0.2, 0.25) is 0 Å². The summed E-state index contributed by atoms with van der Waals surface area (Å²) in [5.74, 6) is 1.35. The lowest BCUT2D eigenvalue weighted by Crippen LogP contribution is -2.45. The van der Waals surface area contributed by atoms with Crippen molar-refractivity contribution >= 4 is 23.2 Å². The molecule has 4 atom stereocenters. The summed E-state index contributed by atoms with van der Waals surface area (Å²) in [7, 11) is 0. The average Bonchev–Trinajstić information content (AvgIpc) is 3.51. The van der Waals surface area contributed by atoms with E-state index in [4.69, 9.17) is 4.98 Å². The maximum atomic E-state index is 12.5. The van der Waals surface area contributed by atoms with Crippen LogP contribution in [0.25, 0.3) is 0 Å². The van der Waals surface area contributed by atoms with Crippen molar-refractivity contribution in [1.29, 1.82) is 0 Å². The number of imidazole rings is 1. The first kappa shape index (κ1) is 24.4. The lowest BCUT2D eigenvalue weighted by Gasteiger charge is -2.41. The lowest BCUT2D eigenvalue weighted by atomic mass is 9.95. The van der Waals surface area contributed by atoms with Gasteiger partial charge in [-0.25, -0.2) is 9.97 Å². The van der Waals surface area contributed by atoms with E-state index in [2.05, 4.69) is 26.7 Å². The van der Waals surface area contributed by atoms with Crippen LogP contribution in [0.3, 0.4) is 0 Å². The normalized spacial score (nSPS) is 25.1. The van der Waals surface area contributed by atoms with Gasteiger partial charge < -0.3 is 14.8 Å². The maximum absolute atomic E-state index is 12.5. The van der Waals surface area contributed by atoms with E-state index in [1.54, 1.807) is 18.3 Å². The zero-order valence-electron chi connectivity index (χ0n) is 21.4. The highest BCUT2D eigenvalue weighted by Gasteiger charge is 2.42. The Bertz CT molecular complexity index is 1050. The summed E-state index contributed by atoms with van der Waals surface area (Å²) in [5, 5.41) is 6.08. The Balaban J connectivity index is 1.26. The number of piperidine rings is 1. The van der Waals surface area contributed by atoms with Crippen molar-refractivity contribution in [2.24, 2.45) is 5.92 Å². The Hall–Kier alpha value is -2.26. The minimum atomic E-state index is -0.0102. The molecule has 2 fully saturated rings. The summed E-state index contributed by atoms with van der Waals surface area (Å²) in [6, 6.07) is 1.63. The maximum Gasteiger partial charge on any atom is 0.225 e. The van der Waals surface area contributed by atoms with Gasteiger partial charge in [0, 0.05) is 67.7 Å². The monoisotopic (exact) mass is 498 g/mol. The quantitative estimate of drug-likeness (QED) is 0.630. The van der Waals surface area contributed by atoms with Gasteiger partial charge in [-0.2, -0.15) is 0 Å². The van der Waals surface area contributed by atoms with Crippen molar-refractivity contribution in [2.75, 3.05) is 13.1 Å². The number of aromatic nitrogens is 3. The molecule has 1 unspecified atom stereocenters. The number of fused-ring (bicyclic) bond motifs is 3. The molecule has 9 heteroatoms. The third kappa shape index (κ3) is 4.89. The van der Waals surface area contributed by atoms with Gasteiger partial charge in [0.1, 0.15) is 10.8 Å². The van der Waals surface area contributed by atoms with Crippen LogP contribution in [0.5, 0.6) is 0 Å². The number of hydrogen-bond donors (Lipinski definition) is 1.